The number of nitrogens with one attached hydrogen (secondary N) is 1. The smallest absolute Gasteiger partial charge is 0.158 e. The molecule has 6 heteroatoms. The lowest BCUT2D eigenvalue weighted by Gasteiger charge is -2.32. The molecule has 3 rings (SSSR count). The summed E-state index contributed by atoms with van der Waals surface area (Å²) in [6.45, 7) is 5.44. The molecule has 2 unspecified atom stereocenters. The molecule has 1 aromatic rings. The van der Waals surface area contributed by atoms with Crippen LogP contribution in [0.5, 0.6) is 0 Å². The van der Waals surface area contributed by atoms with E-state index < -0.39 is 0 Å². The number of hydrogen-bond donors (Lipinski definition) is 1. The van der Waals surface area contributed by atoms with Gasteiger partial charge in [0.1, 0.15) is 17.6 Å². The molecule has 0 aromatic carbocycles. The van der Waals surface area contributed by atoms with E-state index in [9.17, 15) is 0 Å². The predicted octanol–water partition coefficient (Wildman–Crippen LogP) is 2.71. The van der Waals surface area contributed by atoms with Crippen molar-refractivity contribution in [1.82, 2.24) is 14.9 Å². The number of aromatic nitrogens is 2. The Morgan fingerprint density at radius 1 is 1.33 bits per heavy atom. The van der Waals surface area contributed by atoms with Crippen LogP contribution in [0.4, 0.5) is 5.82 Å². The molecule has 1 N–H and O–H groups in total. The van der Waals surface area contributed by atoms with Crippen molar-refractivity contribution in [2.24, 2.45) is 0 Å². The molecule has 0 aliphatic carbocycles. The molecular weight excluding hydrogens is 288 g/mol. The first kappa shape index (κ1) is 15.0. The molecule has 3 heterocycles. The van der Waals surface area contributed by atoms with Gasteiger partial charge in [0.2, 0.25) is 0 Å². The van der Waals surface area contributed by atoms with Crippen LogP contribution in [0.2, 0.25) is 5.15 Å². The van der Waals surface area contributed by atoms with Crippen LogP contribution in [-0.4, -0.2) is 46.6 Å². The van der Waals surface area contributed by atoms with Crippen LogP contribution in [0.1, 0.15) is 38.4 Å². The van der Waals surface area contributed by atoms with E-state index in [2.05, 4.69) is 20.2 Å². The van der Waals surface area contributed by atoms with Gasteiger partial charge in [-0.3, -0.25) is 4.90 Å². The summed E-state index contributed by atoms with van der Waals surface area (Å²) in [6.07, 6.45) is 5.12. The van der Waals surface area contributed by atoms with Crippen LogP contribution in [-0.2, 0) is 11.3 Å². The lowest BCUT2D eigenvalue weighted by molar-refractivity contribution is 0.128. The third-order valence-corrected chi connectivity index (χ3v) is 4.56. The van der Waals surface area contributed by atoms with Gasteiger partial charge in [-0.25, -0.2) is 9.97 Å². The van der Waals surface area contributed by atoms with Gasteiger partial charge in [-0.15, -0.1) is 0 Å². The Kier molecular flexibility index (Phi) is 4.93. The van der Waals surface area contributed by atoms with Crippen LogP contribution in [0, 0.1) is 0 Å². The third kappa shape index (κ3) is 3.65. The maximum atomic E-state index is 6.09. The van der Waals surface area contributed by atoms with E-state index in [1.165, 1.54) is 38.8 Å². The zero-order chi connectivity index (χ0) is 14.7. The minimum atomic E-state index is 0.409. The van der Waals surface area contributed by atoms with Crippen LogP contribution < -0.4 is 5.32 Å². The fourth-order valence-electron chi connectivity index (χ4n) is 3.40. The third-order valence-electron chi connectivity index (χ3n) is 4.37. The van der Waals surface area contributed by atoms with E-state index in [1.807, 2.05) is 13.0 Å². The minimum absolute atomic E-state index is 0.409. The van der Waals surface area contributed by atoms with Gasteiger partial charge in [-0.05, 0) is 32.7 Å². The molecule has 0 bridgehead atoms. The summed E-state index contributed by atoms with van der Waals surface area (Å²) in [5.74, 6) is 1.47. The summed E-state index contributed by atoms with van der Waals surface area (Å²) in [7, 11) is 0. The number of piperidine rings is 1. The zero-order valence-corrected chi connectivity index (χ0v) is 13.3. The molecular formula is C15H23ClN4O. The van der Waals surface area contributed by atoms with Crippen molar-refractivity contribution in [3.8, 4) is 0 Å². The van der Waals surface area contributed by atoms with Gasteiger partial charge < -0.3 is 10.1 Å². The first-order valence-corrected chi connectivity index (χ1v) is 8.26. The molecule has 0 saturated carbocycles. The van der Waals surface area contributed by atoms with E-state index in [-0.39, 0.29) is 0 Å². The van der Waals surface area contributed by atoms with Crippen molar-refractivity contribution in [3.05, 3.63) is 17.0 Å². The van der Waals surface area contributed by atoms with Gasteiger partial charge in [-0.2, -0.15) is 0 Å². The molecule has 116 valence electrons. The van der Waals surface area contributed by atoms with Crippen molar-refractivity contribution in [2.75, 3.05) is 25.0 Å². The van der Waals surface area contributed by atoms with E-state index >= 15 is 0 Å². The number of hydrogen-bond acceptors (Lipinski definition) is 5. The number of anilines is 1. The lowest BCUT2D eigenvalue weighted by atomic mass is 9.99. The lowest BCUT2D eigenvalue weighted by Crippen LogP contribution is -2.41. The summed E-state index contributed by atoms with van der Waals surface area (Å²) >= 11 is 6.09. The molecule has 2 fully saturated rings. The number of ether oxygens (including phenoxy) is 1. The summed E-state index contributed by atoms with van der Waals surface area (Å²) in [5.41, 5.74) is 0. The van der Waals surface area contributed by atoms with E-state index in [0.29, 0.717) is 36.3 Å². The molecule has 0 amide bonds. The average molecular weight is 311 g/mol. The maximum Gasteiger partial charge on any atom is 0.158 e. The molecule has 1 aromatic heterocycles. The molecule has 2 atom stereocenters. The van der Waals surface area contributed by atoms with Crippen LogP contribution in [0.15, 0.2) is 6.07 Å². The standard InChI is InChI=1S/C15H23ClN4O/c1-2-21-10-15-18-13(16)9-14(19-15)17-11-6-8-20-7-4-3-5-12(11)20/h9,11-12H,2-8,10H2,1H3,(H,17,18,19). The molecule has 21 heavy (non-hydrogen) atoms. The van der Waals surface area contributed by atoms with Gasteiger partial charge in [0.05, 0.1) is 0 Å². The fourth-order valence-corrected chi connectivity index (χ4v) is 3.60. The minimum Gasteiger partial charge on any atom is -0.374 e. The van der Waals surface area contributed by atoms with Crippen molar-refractivity contribution >= 4 is 17.4 Å². The first-order chi connectivity index (χ1) is 10.3. The quantitative estimate of drug-likeness (QED) is 0.847. The van der Waals surface area contributed by atoms with Gasteiger partial charge in [0.15, 0.2) is 5.82 Å². The van der Waals surface area contributed by atoms with Crippen LogP contribution in [0.3, 0.4) is 0 Å². The molecule has 2 aliphatic rings. The Balaban J connectivity index is 1.68. The highest BCUT2D eigenvalue weighted by Gasteiger charge is 2.35. The van der Waals surface area contributed by atoms with Crippen LogP contribution >= 0.6 is 11.6 Å². The summed E-state index contributed by atoms with van der Waals surface area (Å²) < 4.78 is 5.37. The number of nitrogens with zero attached hydrogens (tertiary/aromatic N) is 3. The van der Waals surface area contributed by atoms with E-state index in [0.717, 1.165) is 5.82 Å². The van der Waals surface area contributed by atoms with Gasteiger partial charge in [0, 0.05) is 31.3 Å². The summed E-state index contributed by atoms with van der Waals surface area (Å²) in [6, 6.07) is 2.92. The predicted molar refractivity (Wildman–Crippen MR) is 83.6 cm³/mol. The number of fused-ring (bicyclic) bond motifs is 1. The van der Waals surface area contributed by atoms with Crippen molar-refractivity contribution in [3.63, 3.8) is 0 Å². The monoisotopic (exact) mass is 310 g/mol. The molecule has 0 radical (unpaired) electrons. The van der Waals surface area contributed by atoms with Gasteiger partial charge in [-0.1, -0.05) is 18.0 Å². The average Bonchev–Trinajstić information content (AvgIpc) is 2.88. The first-order valence-electron chi connectivity index (χ1n) is 7.88. The highest BCUT2D eigenvalue weighted by Crippen LogP contribution is 2.29. The molecule has 0 spiro atoms. The van der Waals surface area contributed by atoms with Crippen molar-refractivity contribution in [2.45, 2.75) is 51.3 Å². The molecule has 2 saturated heterocycles. The second-order valence-corrected chi connectivity index (χ2v) is 6.16. The normalized spacial score (nSPS) is 25.8. The van der Waals surface area contributed by atoms with E-state index in [4.69, 9.17) is 16.3 Å². The van der Waals surface area contributed by atoms with Gasteiger partial charge in [0.25, 0.3) is 0 Å². The highest BCUT2D eigenvalue weighted by molar-refractivity contribution is 6.29. The Morgan fingerprint density at radius 3 is 3.10 bits per heavy atom. The zero-order valence-electron chi connectivity index (χ0n) is 12.5. The Bertz CT molecular complexity index is 485. The Hall–Kier alpha value is -0.910. The summed E-state index contributed by atoms with van der Waals surface area (Å²) in [5, 5.41) is 4.04. The SMILES string of the molecule is CCOCc1nc(Cl)cc(NC2CCN3CCCCC23)n1. The van der Waals surface area contributed by atoms with Crippen LogP contribution in [0.25, 0.3) is 0 Å². The fraction of sp³-hybridized carbons (Fsp3) is 0.733. The Morgan fingerprint density at radius 2 is 2.24 bits per heavy atom. The summed E-state index contributed by atoms with van der Waals surface area (Å²) in [4.78, 5) is 11.3. The second kappa shape index (κ2) is 6.90. The topological polar surface area (TPSA) is 50.3 Å². The van der Waals surface area contributed by atoms with Gasteiger partial charge >= 0.3 is 0 Å². The Labute approximate surface area is 131 Å². The molecule has 5 nitrogen and oxygen atoms in total. The van der Waals surface area contributed by atoms with E-state index in [1.54, 1.807) is 0 Å². The number of halogens is 1. The molecule has 2 aliphatic heterocycles. The van der Waals surface area contributed by atoms with Crippen molar-refractivity contribution < 1.29 is 4.74 Å². The maximum absolute atomic E-state index is 6.09. The largest absolute Gasteiger partial charge is 0.374 e. The highest BCUT2D eigenvalue weighted by atomic mass is 35.5. The van der Waals surface area contributed by atoms with Crippen molar-refractivity contribution in [1.29, 1.82) is 0 Å². The second-order valence-electron chi connectivity index (χ2n) is 5.77. The number of rotatable bonds is 5.